The maximum absolute atomic E-state index is 10.2. The van der Waals surface area contributed by atoms with Crippen LogP contribution in [0.25, 0.3) is 11.1 Å². The molecule has 0 fully saturated rings. The van der Waals surface area contributed by atoms with Crippen LogP contribution in [-0.2, 0) is 0 Å². The number of rotatable bonds is 1. The third-order valence-electron chi connectivity index (χ3n) is 3.79. The molecule has 7 nitrogen and oxygen atoms in total. The number of phenolic OH excluding ortho intramolecular Hbond substituents is 7. The highest BCUT2D eigenvalue weighted by molar-refractivity contribution is 6.37. The van der Waals surface area contributed by atoms with Gasteiger partial charge >= 0.3 is 0 Å². The molecule has 0 spiro atoms. The van der Waals surface area contributed by atoms with Crippen molar-refractivity contribution >= 4 is 13.3 Å². The highest BCUT2D eigenvalue weighted by Gasteiger charge is 2.27. The van der Waals surface area contributed by atoms with Crippen molar-refractivity contribution in [1.29, 1.82) is 0 Å². The first-order valence-corrected chi connectivity index (χ1v) is 6.32. The van der Waals surface area contributed by atoms with Crippen LogP contribution in [0.15, 0.2) is 0 Å². The Labute approximate surface area is 126 Å². The minimum Gasteiger partial charge on any atom is -0.508 e. The minimum atomic E-state index is -0.956. The van der Waals surface area contributed by atoms with E-state index in [1.165, 1.54) is 21.7 Å². The van der Waals surface area contributed by atoms with Crippen molar-refractivity contribution < 1.29 is 35.7 Å². The van der Waals surface area contributed by atoms with Gasteiger partial charge in [-0.2, -0.15) is 0 Å². The second kappa shape index (κ2) is 4.83. The molecule has 0 aliphatic carbocycles. The Morgan fingerprint density at radius 2 is 0.864 bits per heavy atom. The van der Waals surface area contributed by atoms with Crippen molar-refractivity contribution in [2.75, 3.05) is 0 Å². The monoisotopic (exact) mass is 306 g/mol. The molecule has 116 valence electrons. The molecule has 0 atom stereocenters. The summed E-state index contributed by atoms with van der Waals surface area (Å²) in [5.41, 5.74) is -0.266. The van der Waals surface area contributed by atoms with Crippen LogP contribution in [0.1, 0.15) is 11.1 Å². The van der Waals surface area contributed by atoms with E-state index in [9.17, 15) is 35.7 Å². The molecule has 2 aromatic rings. The third kappa shape index (κ3) is 1.84. The standard InChI is InChI=1S/C14H15BO7/c1-3-5(10(18)7(15)12(20)8(3)16)6-4(2)9(17)13(21)14(22)11(6)19/h16-22H,15H2,1-2H3. The van der Waals surface area contributed by atoms with Crippen molar-refractivity contribution in [3.8, 4) is 51.4 Å². The lowest BCUT2D eigenvalue weighted by atomic mass is 9.84. The normalized spacial score (nSPS) is 10.8. The predicted molar refractivity (Wildman–Crippen MR) is 81.2 cm³/mol. The van der Waals surface area contributed by atoms with Crippen molar-refractivity contribution in [3.63, 3.8) is 0 Å². The first kappa shape index (κ1) is 15.5. The first-order valence-electron chi connectivity index (χ1n) is 6.32. The van der Waals surface area contributed by atoms with Gasteiger partial charge in [-0.1, -0.05) is 0 Å². The van der Waals surface area contributed by atoms with Crippen molar-refractivity contribution in [1.82, 2.24) is 0 Å². The molecule has 2 aromatic carbocycles. The number of hydrogen-bond donors (Lipinski definition) is 7. The average molecular weight is 306 g/mol. The molecule has 0 aliphatic heterocycles. The Morgan fingerprint density at radius 3 is 1.36 bits per heavy atom. The van der Waals surface area contributed by atoms with Crippen LogP contribution in [-0.4, -0.2) is 43.6 Å². The maximum Gasteiger partial charge on any atom is 0.204 e. The van der Waals surface area contributed by atoms with E-state index in [-0.39, 0.29) is 27.7 Å². The molecule has 0 unspecified atom stereocenters. The van der Waals surface area contributed by atoms with Crippen molar-refractivity contribution in [3.05, 3.63) is 11.1 Å². The molecule has 0 aromatic heterocycles. The number of benzene rings is 2. The van der Waals surface area contributed by atoms with E-state index in [0.29, 0.717) is 0 Å². The molecule has 0 aliphatic rings. The summed E-state index contributed by atoms with van der Waals surface area (Å²) < 4.78 is 0. The number of phenols is 7. The molecule has 7 N–H and O–H groups in total. The lowest BCUT2D eigenvalue weighted by Crippen LogP contribution is -2.07. The molecule has 0 heterocycles. The summed E-state index contributed by atoms with van der Waals surface area (Å²) in [7, 11) is 1.35. The van der Waals surface area contributed by atoms with Gasteiger partial charge in [-0.25, -0.2) is 0 Å². The Hall–Kier alpha value is -2.90. The highest BCUT2D eigenvalue weighted by atomic mass is 16.3. The first-order chi connectivity index (χ1) is 10.1. The van der Waals surface area contributed by atoms with Crippen LogP contribution in [0.3, 0.4) is 0 Å². The second-order valence-corrected chi connectivity index (χ2v) is 5.07. The quantitative estimate of drug-likeness (QED) is 0.226. The molecular formula is C14H15BO7. The highest BCUT2D eigenvalue weighted by Crippen LogP contribution is 2.54. The van der Waals surface area contributed by atoms with E-state index in [2.05, 4.69) is 0 Å². The maximum atomic E-state index is 10.2. The molecule has 22 heavy (non-hydrogen) atoms. The fraction of sp³-hybridized carbons (Fsp3) is 0.143. The van der Waals surface area contributed by atoms with Gasteiger partial charge in [0, 0.05) is 22.3 Å². The molecule has 0 radical (unpaired) electrons. The Kier molecular flexibility index (Phi) is 3.40. The average Bonchev–Trinajstić information content (AvgIpc) is 2.50. The van der Waals surface area contributed by atoms with E-state index in [1.54, 1.807) is 0 Å². The SMILES string of the molecule is Bc1c(O)c(O)c(C)c(-c2c(C)c(O)c(O)c(O)c2O)c1O. The lowest BCUT2D eigenvalue weighted by Gasteiger charge is -2.19. The van der Waals surface area contributed by atoms with Crippen LogP contribution in [0.2, 0.25) is 0 Å². The van der Waals surface area contributed by atoms with E-state index in [0.717, 1.165) is 0 Å². The molecule has 0 bridgehead atoms. The van der Waals surface area contributed by atoms with E-state index in [1.807, 2.05) is 0 Å². The lowest BCUT2D eigenvalue weighted by molar-refractivity contribution is 0.345. The second-order valence-electron chi connectivity index (χ2n) is 5.07. The molecule has 0 saturated heterocycles. The zero-order valence-electron chi connectivity index (χ0n) is 12.1. The van der Waals surface area contributed by atoms with Crippen LogP contribution < -0.4 is 5.46 Å². The van der Waals surface area contributed by atoms with Crippen LogP contribution in [0.5, 0.6) is 40.2 Å². The van der Waals surface area contributed by atoms with E-state index < -0.39 is 40.2 Å². The summed E-state index contributed by atoms with van der Waals surface area (Å²) in [5, 5.41) is 68.9. The summed E-state index contributed by atoms with van der Waals surface area (Å²) >= 11 is 0. The van der Waals surface area contributed by atoms with Gasteiger partial charge in [0.1, 0.15) is 13.6 Å². The zero-order valence-corrected chi connectivity index (χ0v) is 12.1. The fourth-order valence-electron chi connectivity index (χ4n) is 2.38. The van der Waals surface area contributed by atoms with Crippen LogP contribution in [0.4, 0.5) is 0 Å². The Morgan fingerprint density at radius 1 is 0.500 bits per heavy atom. The van der Waals surface area contributed by atoms with E-state index in [4.69, 9.17) is 0 Å². The summed E-state index contributed by atoms with van der Waals surface area (Å²) in [6, 6.07) is 0. The molecule has 0 amide bonds. The topological polar surface area (TPSA) is 142 Å². The number of aromatic hydroxyl groups is 7. The third-order valence-corrected chi connectivity index (χ3v) is 3.79. The molecular weight excluding hydrogens is 291 g/mol. The van der Waals surface area contributed by atoms with Gasteiger partial charge in [-0.15, -0.1) is 0 Å². The van der Waals surface area contributed by atoms with Crippen LogP contribution in [0, 0.1) is 13.8 Å². The summed E-state index contributed by atoms with van der Waals surface area (Å²) in [5.74, 6) is -4.74. The zero-order chi connectivity index (χ0) is 16.9. The van der Waals surface area contributed by atoms with Crippen molar-refractivity contribution in [2.24, 2.45) is 0 Å². The fourth-order valence-corrected chi connectivity index (χ4v) is 2.38. The smallest absolute Gasteiger partial charge is 0.204 e. The number of hydrogen-bond acceptors (Lipinski definition) is 7. The molecule has 2 rings (SSSR count). The summed E-state index contributed by atoms with van der Waals surface area (Å²) in [6.07, 6.45) is 0. The van der Waals surface area contributed by atoms with Gasteiger partial charge in [-0.05, 0) is 19.3 Å². The summed E-state index contributed by atoms with van der Waals surface area (Å²) in [4.78, 5) is 0. The van der Waals surface area contributed by atoms with Crippen molar-refractivity contribution in [2.45, 2.75) is 13.8 Å². The van der Waals surface area contributed by atoms with Gasteiger partial charge in [0.2, 0.25) is 11.5 Å². The largest absolute Gasteiger partial charge is 0.508 e. The summed E-state index contributed by atoms with van der Waals surface area (Å²) in [6.45, 7) is 2.73. The Balaban J connectivity index is 3.03. The Bertz CT molecular complexity index is 673. The minimum absolute atomic E-state index is 0.0179. The van der Waals surface area contributed by atoms with Gasteiger partial charge in [0.25, 0.3) is 0 Å². The molecule has 8 heteroatoms. The van der Waals surface area contributed by atoms with E-state index >= 15 is 0 Å². The predicted octanol–water partition coefficient (Wildman–Crippen LogP) is 0.168. The van der Waals surface area contributed by atoms with Gasteiger partial charge in [0.05, 0.1) is 0 Å². The molecule has 0 saturated carbocycles. The van der Waals surface area contributed by atoms with Gasteiger partial charge in [-0.3, -0.25) is 0 Å². The van der Waals surface area contributed by atoms with Crippen LogP contribution >= 0.6 is 0 Å². The van der Waals surface area contributed by atoms with Gasteiger partial charge in [0.15, 0.2) is 23.0 Å². The van der Waals surface area contributed by atoms with Gasteiger partial charge < -0.3 is 35.7 Å².